The minimum Gasteiger partial charge on any atom is -0.381 e. The number of halogens is 1. The highest BCUT2D eigenvalue weighted by atomic mass is 19.1. The van der Waals surface area contributed by atoms with E-state index in [0.717, 1.165) is 25.7 Å². The minimum absolute atomic E-state index is 0.0348. The Morgan fingerprint density at radius 3 is 2.45 bits per heavy atom. The van der Waals surface area contributed by atoms with Gasteiger partial charge in [-0.3, -0.25) is 9.18 Å². The molecule has 3 rings (SSSR count). The van der Waals surface area contributed by atoms with Gasteiger partial charge >= 0.3 is 0 Å². The zero-order valence-corrected chi connectivity index (χ0v) is 19.3. The molecule has 0 radical (unpaired) electrons. The van der Waals surface area contributed by atoms with Gasteiger partial charge in [0, 0.05) is 31.0 Å². The van der Waals surface area contributed by atoms with Crippen molar-refractivity contribution in [3.63, 3.8) is 0 Å². The van der Waals surface area contributed by atoms with Gasteiger partial charge in [-0.05, 0) is 62.2 Å². The molecule has 0 N–H and O–H groups in total. The quantitative estimate of drug-likeness (QED) is 0.540. The molecule has 0 aromatic carbocycles. The Hall–Kier alpha value is -0.520. The van der Waals surface area contributed by atoms with Gasteiger partial charge in [-0.15, -0.1) is 0 Å². The number of ether oxygens (including phenoxy) is 3. The monoisotopic (exact) mass is 412 g/mol. The van der Waals surface area contributed by atoms with Crippen LogP contribution in [0.3, 0.4) is 0 Å². The van der Waals surface area contributed by atoms with Gasteiger partial charge in [-0.1, -0.05) is 27.7 Å². The van der Waals surface area contributed by atoms with E-state index in [1.165, 1.54) is 0 Å². The first kappa shape index (κ1) is 23.1. The Kier molecular flexibility index (Phi) is 6.82. The van der Waals surface area contributed by atoms with Crippen LogP contribution >= 0.6 is 0 Å². The van der Waals surface area contributed by atoms with Crippen molar-refractivity contribution in [3.05, 3.63) is 0 Å². The Morgan fingerprint density at radius 1 is 1.14 bits per heavy atom. The molecule has 29 heavy (non-hydrogen) atoms. The third-order valence-electron chi connectivity index (χ3n) is 9.39. The zero-order chi connectivity index (χ0) is 21.4. The molecule has 0 heterocycles. The average molecular weight is 413 g/mol. The normalized spacial score (nSPS) is 47.6. The summed E-state index contributed by atoms with van der Waals surface area (Å²) >= 11 is 0. The van der Waals surface area contributed by atoms with E-state index in [1.807, 2.05) is 14.0 Å². The predicted molar refractivity (Wildman–Crippen MR) is 111 cm³/mol. The molecule has 4 nitrogen and oxygen atoms in total. The van der Waals surface area contributed by atoms with E-state index < -0.39 is 5.41 Å². The number of hydrogen-bond donors (Lipinski definition) is 0. The van der Waals surface area contributed by atoms with Gasteiger partial charge in [-0.25, -0.2) is 0 Å². The summed E-state index contributed by atoms with van der Waals surface area (Å²) in [4.78, 5) is 13.9. The summed E-state index contributed by atoms with van der Waals surface area (Å²) in [5, 5.41) is 0. The second kappa shape index (κ2) is 8.55. The van der Waals surface area contributed by atoms with E-state index in [2.05, 4.69) is 20.8 Å². The molecule has 0 amide bonds. The van der Waals surface area contributed by atoms with Crippen molar-refractivity contribution in [2.45, 2.75) is 84.8 Å². The summed E-state index contributed by atoms with van der Waals surface area (Å²) in [7, 11) is 3.46. The molecule has 0 aromatic heterocycles. The molecule has 0 spiro atoms. The Balaban J connectivity index is 2.14. The summed E-state index contributed by atoms with van der Waals surface area (Å²) in [5.74, 6) is 1.02. The second-order valence-corrected chi connectivity index (χ2v) is 10.5. The highest BCUT2D eigenvalue weighted by Crippen LogP contribution is 2.68. The van der Waals surface area contributed by atoms with Crippen LogP contribution < -0.4 is 0 Å². The van der Waals surface area contributed by atoms with Crippen molar-refractivity contribution in [2.24, 2.45) is 34.0 Å². The van der Waals surface area contributed by atoms with E-state index >= 15 is 0 Å². The number of methoxy groups -OCH3 is 2. The topological polar surface area (TPSA) is 44.8 Å². The molecular weight excluding hydrogens is 371 g/mol. The molecule has 3 fully saturated rings. The first-order chi connectivity index (χ1) is 13.7. The highest BCUT2D eigenvalue weighted by Gasteiger charge is 2.68. The van der Waals surface area contributed by atoms with Gasteiger partial charge in [-0.2, -0.15) is 0 Å². The molecule has 3 aliphatic rings. The summed E-state index contributed by atoms with van der Waals surface area (Å²) in [6.45, 7) is 8.74. The smallest absolute Gasteiger partial charge is 0.146 e. The van der Waals surface area contributed by atoms with Crippen LogP contribution in [-0.4, -0.2) is 45.7 Å². The lowest BCUT2D eigenvalue weighted by atomic mass is 9.43. The van der Waals surface area contributed by atoms with Crippen LogP contribution in [0.25, 0.3) is 0 Å². The van der Waals surface area contributed by atoms with Crippen molar-refractivity contribution in [2.75, 3.05) is 27.7 Å². The van der Waals surface area contributed by atoms with Crippen LogP contribution in [0.2, 0.25) is 0 Å². The van der Waals surface area contributed by atoms with Gasteiger partial charge in [0.2, 0.25) is 0 Å². The lowest BCUT2D eigenvalue weighted by Crippen LogP contribution is -2.63. The molecule has 0 aromatic rings. The largest absolute Gasteiger partial charge is 0.381 e. The van der Waals surface area contributed by atoms with Crippen molar-refractivity contribution < 1.29 is 23.4 Å². The van der Waals surface area contributed by atoms with Crippen molar-refractivity contribution in [1.82, 2.24) is 0 Å². The third-order valence-corrected chi connectivity index (χ3v) is 9.39. The molecule has 2 unspecified atom stereocenters. The number of alkyl halides is 1. The molecule has 0 aliphatic heterocycles. The third kappa shape index (κ3) is 3.49. The van der Waals surface area contributed by atoms with Crippen molar-refractivity contribution in [1.29, 1.82) is 0 Å². The molecule has 0 saturated heterocycles. The summed E-state index contributed by atoms with van der Waals surface area (Å²) < 4.78 is 30.8. The fourth-order valence-electron chi connectivity index (χ4n) is 7.56. The minimum atomic E-state index is -0.564. The second-order valence-electron chi connectivity index (χ2n) is 10.5. The molecule has 3 aliphatic carbocycles. The number of Topliss-reactive ketones (excluding diaryl/α,β-unsaturated/α-hetero) is 1. The van der Waals surface area contributed by atoms with Gasteiger partial charge in [0.25, 0.3) is 0 Å². The SMILES string of the molecule is COCO[C@@H]1C[C@@](C)(CCCF)C(=O)[C@H](C)C23CC[C@@H](C)[C@]1(C)C2[C@H](OC)CC3. The van der Waals surface area contributed by atoms with Crippen LogP contribution in [-0.2, 0) is 19.0 Å². The number of hydrogen-bond acceptors (Lipinski definition) is 4. The molecule has 5 heteroatoms. The Bertz CT molecular complexity index is 597. The first-order valence-electron chi connectivity index (χ1n) is 11.4. The maximum Gasteiger partial charge on any atom is 0.146 e. The average Bonchev–Trinajstić information content (AvgIpc) is 3.11. The fourth-order valence-corrected chi connectivity index (χ4v) is 7.56. The maximum absolute atomic E-state index is 13.9. The Morgan fingerprint density at radius 2 is 1.83 bits per heavy atom. The van der Waals surface area contributed by atoms with E-state index in [0.29, 0.717) is 31.0 Å². The fraction of sp³-hybridized carbons (Fsp3) is 0.958. The predicted octanol–water partition coefficient (Wildman–Crippen LogP) is 5.19. The zero-order valence-electron chi connectivity index (χ0n) is 19.3. The lowest BCUT2D eigenvalue weighted by molar-refractivity contribution is -0.220. The van der Waals surface area contributed by atoms with Crippen molar-refractivity contribution >= 4 is 5.78 Å². The van der Waals surface area contributed by atoms with Crippen LogP contribution in [0.15, 0.2) is 0 Å². The van der Waals surface area contributed by atoms with E-state index in [9.17, 15) is 9.18 Å². The number of ketones is 1. The van der Waals surface area contributed by atoms with Gasteiger partial charge in [0.05, 0.1) is 18.9 Å². The standard InChI is InChI=1S/C24H41FO4/c1-16-8-11-24-12-9-18(28-6)20(24)23(16,4)19(29-15-27-5)14-22(3,10-7-13-25)21(26)17(24)2/h16-20H,7-15H2,1-6H3/t16-,17+,18-,19-,20?,22-,23+,24?/m1/s1. The number of carbonyl (C=O) groups excluding carboxylic acids is 1. The maximum atomic E-state index is 13.9. The molecule has 8 atom stereocenters. The van der Waals surface area contributed by atoms with Crippen LogP contribution in [0.5, 0.6) is 0 Å². The van der Waals surface area contributed by atoms with Gasteiger partial charge in [0.15, 0.2) is 0 Å². The van der Waals surface area contributed by atoms with E-state index in [-0.39, 0.29) is 48.3 Å². The van der Waals surface area contributed by atoms with Crippen LogP contribution in [0.1, 0.15) is 72.6 Å². The number of carbonyl (C=O) groups is 1. The van der Waals surface area contributed by atoms with Crippen molar-refractivity contribution in [3.8, 4) is 0 Å². The summed E-state index contributed by atoms with van der Waals surface area (Å²) in [6, 6.07) is 0. The number of rotatable bonds is 7. The van der Waals surface area contributed by atoms with E-state index in [1.54, 1.807) is 7.11 Å². The summed E-state index contributed by atoms with van der Waals surface area (Å²) in [5.41, 5.74) is -0.726. The highest BCUT2D eigenvalue weighted by molar-refractivity contribution is 5.87. The molecular formula is C24H41FO4. The van der Waals surface area contributed by atoms with Crippen LogP contribution in [0, 0.1) is 34.0 Å². The van der Waals surface area contributed by atoms with Crippen LogP contribution in [0.4, 0.5) is 4.39 Å². The van der Waals surface area contributed by atoms with E-state index in [4.69, 9.17) is 14.2 Å². The van der Waals surface area contributed by atoms with Gasteiger partial charge < -0.3 is 14.2 Å². The summed E-state index contributed by atoms with van der Waals surface area (Å²) in [6.07, 6.45) is 5.88. The molecule has 3 saturated carbocycles. The molecule has 168 valence electrons. The molecule has 2 bridgehead atoms. The lowest BCUT2D eigenvalue weighted by Gasteiger charge is -2.62. The Labute approximate surface area is 176 Å². The van der Waals surface area contributed by atoms with Gasteiger partial charge in [0.1, 0.15) is 12.6 Å². The first-order valence-corrected chi connectivity index (χ1v) is 11.4.